The number of anilines is 1. The van der Waals surface area contributed by atoms with E-state index < -0.39 is 23.2 Å². The largest absolute Gasteiger partial charge is 0.481 e. The normalized spacial score (nSPS) is 10.6. The molecule has 3 aromatic heterocycles. The molecule has 3 aromatic rings. The van der Waals surface area contributed by atoms with Crippen LogP contribution in [0, 0.1) is 11.6 Å². The molecule has 0 radical (unpaired) electrons. The third kappa shape index (κ3) is 3.45. The van der Waals surface area contributed by atoms with Gasteiger partial charge in [-0.2, -0.15) is 0 Å². The first-order valence-corrected chi connectivity index (χ1v) is 8.14. The minimum absolute atomic E-state index is 0.234. The average molecular weight is 382 g/mol. The molecule has 128 valence electrons. The van der Waals surface area contributed by atoms with E-state index in [0.717, 1.165) is 23.7 Å². The summed E-state index contributed by atoms with van der Waals surface area (Å²) in [5.41, 5.74) is 0.428. The van der Waals surface area contributed by atoms with E-state index in [1.54, 1.807) is 17.5 Å². The average Bonchev–Trinajstić information content (AvgIpc) is 3.07. The molecule has 1 amide bonds. The van der Waals surface area contributed by atoms with E-state index in [1.165, 1.54) is 13.3 Å². The van der Waals surface area contributed by atoms with Gasteiger partial charge < -0.3 is 10.1 Å². The quantitative estimate of drug-likeness (QED) is 0.727. The summed E-state index contributed by atoms with van der Waals surface area (Å²) in [6.07, 6.45) is 3.05. The predicted molar refractivity (Wildman–Crippen MR) is 91.2 cm³/mol. The highest BCUT2D eigenvalue weighted by Crippen LogP contribution is 2.36. The summed E-state index contributed by atoms with van der Waals surface area (Å²) >= 11 is 7.08. The van der Waals surface area contributed by atoms with Crippen LogP contribution in [0.5, 0.6) is 5.88 Å². The number of nitrogens with zero attached hydrogens (tertiary/aromatic N) is 2. The van der Waals surface area contributed by atoms with E-state index >= 15 is 0 Å². The number of hydrogen-bond donors (Lipinski definition) is 1. The lowest BCUT2D eigenvalue weighted by Gasteiger charge is -2.10. The lowest BCUT2D eigenvalue weighted by molar-refractivity contribution is 0.103. The zero-order valence-corrected chi connectivity index (χ0v) is 14.3. The highest BCUT2D eigenvalue weighted by Gasteiger charge is 2.21. The minimum atomic E-state index is -0.964. The molecule has 0 unspecified atom stereocenters. The number of amides is 1. The molecule has 9 heteroatoms. The summed E-state index contributed by atoms with van der Waals surface area (Å²) in [4.78, 5) is 20.2. The maximum absolute atomic E-state index is 13.7. The molecule has 0 atom stereocenters. The summed E-state index contributed by atoms with van der Waals surface area (Å²) in [5.74, 6) is -2.32. The lowest BCUT2D eigenvalue weighted by atomic mass is 10.1. The molecular formula is C16H10ClF2N3O2S. The monoisotopic (exact) mass is 381 g/mol. The first-order chi connectivity index (χ1) is 12.0. The summed E-state index contributed by atoms with van der Waals surface area (Å²) in [5, 5.41) is 4.26. The van der Waals surface area contributed by atoms with Crippen molar-refractivity contribution in [3.8, 4) is 17.0 Å². The number of hydrogen-bond acceptors (Lipinski definition) is 5. The number of rotatable bonds is 4. The number of thiophene rings is 1. The van der Waals surface area contributed by atoms with Crippen LogP contribution in [0.15, 0.2) is 36.1 Å². The second kappa shape index (κ2) is 7.12. The van der Waals surface area contributed by atoms with Gasteiger partial charge in [-0.25, -0.2) is 13.8 Å². The van der Waals surface area contributed by atoms with Crippen molar-refractivity contribution in [1.29, 1.82) is 0 Å². The van der Waals surface area contributed by atoms with Crippen LogP contribution in [-0.4, -0.2) is 23.0 Å². The Bertz CT molecular complexity index is 929. The van der Waals surface area contributed by atoms with Crippen molar-refractivity contribution in [2.24, 2.45) is 0 Å². The third-order valence-corrected chi connectivity index (χ3v) is 4.38. The summed E-state index contributed by atoms with van der Waals surface area (Å²) in [6, 6.07) is 3.27. The van der Waals surface area contributed by atoms with Crippen molar-refractivity contribution >= 4 is 34.5 Å². The van der Waals surface area contributed by atoms with Crippen molar-refractivity contribution in [1.82, 2.24) is 9.97 Å². The summed E-state index contributed by atoms with van der Waals surface area (Å²) in [6.45, 7) is 0. The van der Waals surface area contributed by atoms with Gasteiger partial charge in [0.2, 0.25) is 5.88 Å². The van der Waals surface area contributed by atoms with Crippen molar-refractivity contribution in [3.63, 3.8) is 0 Å². The van der Waals surface area contributed by atoms with Gasteiger partial charge in [0.1, 0.15) is 10.6 Å². The smallest absolute Gasteiger partial charge is 0.266 e. The Morgan fingerprint density at radius 2 is 1.96 bits per heavy atom. The fourth-order valence-electron chi connectivity index (χ4n) is 2.18. The molecule has 25 heavy (non-hydrogen) atoms. The number of aromatic nitrogens is 2. The first-order valence-electron chi connectivity index (χ1n) is 6.89. The second-order valence-corrected chi connectivity index (χ2v) is 6.16. The Kier molecular flexibility index (Phi) is 4.91. The third-order valence-electron chi connectivity index (χ3n) is 3.26. The minimum Gasteiger partial charge on any atom is -0.481 e. The van der Waals surface area contributed by atoms with Gasteiger partial charge >= 0.3 is 0 Å². The Labute approximate surface area is 150 Å². The molecule has 1 N–H and O–H groups in total. The van der Waals surface area contributed by atoms with Gasteiger partial charge in [-0.15, -0.1) is 11.3 Å². The van der Waals surface area contributed by atoms with Gasteiger partial charge in [0, 0.05) is 17.3 Å². The number of nitrogens with one attached hydrogen (secondary N) is 1. The molecular weight excluding hydrogens is 372 g/mol. The highest BCUT2D eigenvalue weighted by atomic mass is 35.5. The van der Waals surface area contributed by atoms with E-state index in [-0.39, 0.29) is 10.8 Å². The molecule has 0 bridgehead atoms. The number of carbonyl (C=O) groups excluding carboxylic acids is 1. The molecule has 0 aliphatic carbocycles. The van der Waals surface area contributed by atoms with Crippen LogP contribution < -0.4 is 10.1 Å². The highest BCUT2D eigenvalue weighted by molar-refractivity contribution is 7.12. The Morgan fingerprint density at radius 1 is 1.24 bits per heavy atom. The van der Waals surface area contributed by atoms with E-state index in [0.29, 0.717) is 16.1 Å². The molecule has 0 aliphatic heterocycles. The maximum atomic E-state index is 13.7. The van der Waals surface area contributed by atoms with Gasteiger partial charge in [0.05, 0.1) is 24.5 Å². The standard InChI is InChI=1S/C16H10ClF2N3O2S/c1-24-16-10(4-8(17)5-21-16)9-2-3-25-14(9)15(23)22-13-11(18)6-20-7-12(13)19/h2-7H,1H3,(H,20,22,23). The predicted octanol–water partition coefficient (Wildman–Crippen LogP) is 4.40. The van der Waals surface area contributed by atoms with Crippen LogP contribution in [0.4, 0.5) is 14.5 Å². The molecule has 0 saturated heterocycles. The molecule has 0 aromatic carbocycles. The molecule has 3 rings (SSSR count). The van der Waals surface area contributed by atoms with E-state index in [4.69, 9.17) is 16.3 Å². The zero-order valence-electron chi connectivity index (χ0n) is 12.7. The number of pyridine rings is 2. The van der Waals surface area contributed by atoms with E-state index in [9.17, 15) is 13.6 Å². The SMILES string of the molecule is COc1ncc(Cl)cc1-c1ccsc1C(=O)Nc1c(F)cncc1F. The number of ether oxygens (including phenoxy) is 1. The van der Waals surface area contributed by atoms with Crippen LogP contribution in [0.3, 0.4) is 0 Å². The first kappa shape index (κ1) is 17.2. The van der Waals surface area contributed by atoms with E-state index in [2.05, 4.69) is 15.3 Å². The van der Waals surface area contributed by atoms with Gasteiger partial charge in [-0.3, -0.25) is 9.78 Å². The molecule has 5 nitrogen and oxygen atoms in total. The Morgan fingerprint density at radius 3 is 2.64 bits per heavy atom. The second-order valence-electron chi connectivity index (χ2n) is 4.81. The molecule has 0 aliphatic rings. The van der Waals surface area contributed by atoms with Gasteiger partial charge in [0.25, 0.3) is 5.91 Å². The fourth-order valence-corrected chi connectivity index (χ4v) is 3.14. The van der Waals surface area contributed by atoms with Gasteiger partial charge in [-0.1, -0.05) is 11.6 Å². The summed E-state index contributed by atoms with van der Waals surface area (Å²) in [7, 11) is 1.44. The molecule has 0 fully saturated rings. The molecule has 0 spiro atoms. The van der Waals surface area contributed by atoms with Crippen molar-refractivity contribution in [3.05, 3.63) is 57.6 Å². The van der Waals surface area contributed by atoms with Crippen molar-refractivity contribution in [2.75, 3.05) is 12.4 Å². The molecule has 3 heterocycles. The number of carbonyl (C=O) groups is 1. The Hall–Kier alpha value is -2.58. The maximum Gasteiger partial charge on any atom is 0.266 e. The molecule has 0 saturated carbocycles. The van der Waals surface area contributed by atoms with Crippen molar-refractivity contribution in [2.45, 2.75) is 0 Å². The summed E-state index contributed by atoms with van der Waals surface area (Å²) < 4.78 is 32.6. The van der Waals surface area contributed by atoms with Crippen LogP contribution in [0.25, 0.3) is 11.1 Å². The fraction of sp³-hybridized carbons (Fsp3) is 0.0625. The number of methoxy groups -OCH3 is 1. The van der Waals surface area contributed by atoms with Crippen LogP contribution in [0.2, 0.25) is 5.02 Å². The van der Waals surface area contributed by atoms with Crippen LogP contribution >= 0.6 is 22.9 Å². The lowest BCUT2D eigenvalue weighted by Crippen LogP contribution is -2.14. The number of halogens is 3. The van der Waals surface area contributed by atoms with E-state index in [1.807, 2.05) is 0 Å². The van der Waals surface area contributed by atoms with Crippen LogP contribution in [-0.2, 0) is 0 Å². The van der Waals surface area contributed by atoms with Crippen molar-refractivity contribution < 1.29 is 18.3 Å². The van der Waals surface area contributed by atoms with Crippen LogP contribution in [0.1, 0.15) is 9.67 Å². The zero-order chi connectivity index (χ0) is 18.0. The van der Waals surface area contributed by atoms with Gasteiger partial charge in [-0.05, 0) is 17.5 Å². The topological polar surface area (TPSA) is 64.1 Å². The Balaban J connectivity index is 2.00. The van der Waals surface area contributed by atoms with Gasteiger partial charge in [0.15, 0.2) is 11.6 Å².